The van der Waals surface area contributed by atoms with E-state index in [4.69, 9.17) is 0 Å². The summed E-state index contributed by atoms with van der Waals surface area (Å²) in [7, 11) is 0. The molecule has 0 saturated heterocycles. The number of aromatic hydroxyl groups is 1. The smallest absolute Gasteiger partial charge is 0.115 e. The molecule has 0 bridgehead atoms. The SMILES string of the molecule is CCCCCCC(C)NCc1cccc(O)c1. The molecule has 0 aromatic heterocycles. The molecule has 0 amide bonds. The van der Waals surface area contributed by atoms with E-state index in [9.17, 15) is 5.11 Å². The average Bonchev–Trinajstić information content (AvgIpc) is 2.32. The number of benzene rings is 1. The fourth-order valence-electron chi connectivity index (χ4n) is 1.94. The summed E-state index contributed by atoms with van der Waals surface area (Å²) in [6.07, 6.45) is 6.53. The van der Waals surface area contributed by atoms with Gasteiger partial charge in [0.05, 0.1) is 0 Å². The molecule has 0 aliphatic rings. The molecule has 1 aromatic carbocycles. The van der Waals surface area contributed by atoms with Crippen LogP contribution in [0.3, 0.4) is 0 Å². The molecule has 2 heteroatoms. The Morgan fingerprint density at radius 2 is 2.06 bits per heavy atom. The Labute approximate surface area is 105 Å². The first-order valence-corrected chi connectivity index (χ1v) is 6.73. The predicted molar refractivity (Wildman–Crippen MR) is 73.2 cm³/mol. The second-order valence-corrected chi connectivity index (χ2v) is 4.80. The lowest BCUT2D eigenvalue weighted by Crippen LogP contribution is -2.25. The molecule has 0 aliphatic carbocycles. The third kappa shape index (κ3) is 6.32. The van der Waals surface area contributed by atoms with Crippen LogP contribution in [0.5, 0.6) is 5.75 Å². The number of rotatable bonds is 8. The largest absolute Gasteiger partial charge is 0.508 e. The van der Waals surface area contributed by atoms with E-state index in [1.165, 1.54) is 32.1 Å². The van der Waals surface area contributed by atoms with Gasteiger partial charge in [0.15, 0.2) is 0 Å². The van der Waals surface area contributed by atoms with Crippen molar-refractivity contribution in [1.29, 1.82) is 0 Å². The molecule has 0 spiro atoms. The van der Waals surface area contributed by atoms with Crippen molar-refractivity contribution in [1.82, 2.24) is 5.32 Å². The van der Waals surface area contributed by atoms with E-state index >= 15 is 0 Å². The van der Waals surface area contributed by atoms with Crippen molar-refractivity contribution < 1.29 is 5.11 Å². The molecule has 1 unspecified atom stereocenters. The van der Waals surface area contributed by atoms with Crippen molar-refractivity contribution in [3.05, 3.63) is 29.8 Å². The first-order chi connectivity index (χ1) is 8.22. The normalized spacial score (nSPS) is 12.6. The summed E-state index contributed by atoms with van der Waals surface area (Å²) in [5, 5.41) is 12.8. The van der Waals surface area contributed by atoms with Crippen molar-refractivity contribution in [2.24, 2.45) is 0 Å². The molecule has 1 rings (SSSR count). The maximum Gasteiger partial charge on any atom is 0.115 e. The van der Waals surface area contributed by atoms with Gasteiger partial charge < -0.3 is 10.4 Å². The van der Waals surface area contributed by atoms with Gasteiger partial charge in [0, 0.05) is 12.6 Å². The Morgan fingerprint density at radius 1 is 1.24 bits per heavy atom. The first kappa shape index (κ1) is 14.0. The number of phenols is 1. The van der Waals surface area contributed by atoms with Crippen LogP contribution in [0, 0.1) is 0 Å². The molecule has 17 heavy (non-hydrogen) atoms. The van der Waals surface area contributed by atoms with Crippen LogP contribution in [0.2, 0.25) is 0 Å². The maximum absolute atomic E-state index is 9.35. The Morgan fingerprint density at radius 3 is 2.76 bits per heavy atom. The Hall–Kier alpha value is -1.02. The Balaban J connectivity index is 2.17. The van der Waals surface area contributed by atoms with E-state index in [1.807, 2.05) is 18.2 Å². The molecule has 0 aliphatic heterocycles. The van der Waals surface area contributed by atoms with Crippen LogP contribution in [0.1, 0.15) is 51.5 Å². The van der Waals surface area contributed by atoms with Crippen LogP contribution in [-0.2, 0) is 6.54 Å². The second kappa shape index (κ2) is 8.13. The van der Waals surface area contributed by atoms with Crippen molar-refractivity contribution in [2.45, 2.75) is 58.5 Å². The summed E-state index contributed by atoms with van der Waals surface area (Å²) in [6.45, 7) is 5.31. The van der Waals surface area contributed by atoms with Gasteiger partial charge in [-0.2, -0.15) is 0 Å². The fourth-order valence-corrected chi connectivity index (χ4v) is 1.94. The zero-order valence-corrected chi connectivity index (χ0v) is 11.1. The topological polar surface area (TPSA) is 32.3 Å². The molecule has 1 atom stereocenters. The minimum Gasteiger partial charge on any atom is -0.508 e. The highest BCUT2D eigenvalue weighted by atomic mass is 16.3. The van der Waals surface area contributed by atoms with Crippen LogP contribution < -0.4 is 5.32 Å². The van der Waals surface area contributed by atoms with Gasteiger partial charge in [-0.1, -0.05) is 44.7 Å². The molecule has 0 heterocycles. The van der Waals surface area contributed by atoms with Crippen LogP contribution in [0.15, 0.2) is 24.3 Å². The third-order valence-electron chi connectivity index (χ3n) is 3.06. The number of hydrogen-bond acceptors (Lipinski definition) is 2. The summed E-state index contributed by atoms with van der Waals surface area (Å²) in [5.41, 5.74) is 1.14. The molecule has 0 radical (unpaired) electrons. The average molecular weight is 235 g/mol. The minimum atomic E-state index is 0.347. The second-order valence-electron chi connectivity index (χ2n) is 4.80. The first-order valence-electron chi connectivity index (χ1n) is 6.73. The van der Waals surface area contributed by atoms with Gasteiger partial charge in [-0.25, -0.2) is 0 Å². The Kier molecular flexibility index (Phi) is 6.71. The van der Waals surface area contributed by atoms with Gasteiger partial charge in [-0.05, 0) is 31.0 Å². The molecule has 2 N–H and O–H groups in total. The molecular formula is C15H25NO. The van der Waals surface area contributed by atoms with E-state index in [-0.39, 0.29) is 0 Å². The summed E-state index contributed by atoms with van der Waals surface area (Å²) in [6, 6.07) is 8.00. The highest BCUT2D eigenvalue weighted by Gasteiger charge is 2.01. The van der Waals surface area contributed by atoms with E-state index in [2.05, 4.69) is 19.2 Å². The van der Waals surface area contributed by atoms with Gasteiger partial charge in [0.1, 0.15) is 5.75 Å². The van der Waals surface area contributed by atoms with Gasteiger partial charge >= 0.3 is 0 Å². The van der Waals surface area contributed by atoms with Crippen molar-refractivity contribution >= 4 is 0 Å². The zero-order chi connectivity index (χ0) is 12.5. The minimum absolute atomic E-state index is 0.347. The summed E-state index contributed by atoms with van der Waals surface area (Å²) in [4.78, 5) is 0. The van der Waals surface area contributed by atoms with E-state index in [0.29, 0.717) is 11.8 Å². The van der Waals surface area contributed by atoms with Crippen molar-refractivity contribution in [3.63, 3.8) is 0 Å². The lowest BCUT2D eigenvalue weighted by Gasteiger charge is -2.13. The highest BCUT2D eigenvalue weighted by molar-refractivity contribution is 5.26. The highest BCUT2D eigenvalue weighted by Crippen LogP contribution is 2.11. The van der Waals surface area contributed by atoms with E-state index in [0.717, 1.165) is 12.1 Å². The maximum atomic E-state index is 9.35. The predicted octanol–water partition coefficient (Wildman–Crippen LogP) is 3.84. The number of phenolic OH excluding ortho intramolecular Hbond substituents is 1. The molecule has 2 nitrogen and oxygen atoms in total. The lowest BCUT2D eigenvalue weighted by molar-refractivity contribution is 0.468. The van der Waals surface area contributed by atoms with Crippen molar-refractivity contribution in [2.75, 3.05) is 0 Å². The summed E-state index contributed by atoms with van der Waals surface area (Å²) in [5.74, 6) is 0.347. The van der Waals surface area contributed by atoms with Gasteiger partial charge in [0.2, 0.25) is 0 Å². The number of unbranched alkanes of at least 4 members (excludes halogenated alkanes) is 3. The molecule has 0 fully saturated rings. The van der Waals surface area contributed by atoms with Gasteiger partial charge in [-0.15, -0.1) is 0 Å². The van der Waals surface area contributed by atoms with E-state index in [1.54, 1.807) is 6.07 Å². The van der Waals surface area contributed by atoms with Crippen LogP contribution in [-0.4, -0.2) is 11.1 Å². The van der Waals surface area contributed by atoms with Crippen LogP contribution >= 0.6 is 0 Å². The summed E-state index contributed by atoms with van der Waals surface area (Å²) >= 11 is 0. The molecule has 96 valence electrons. The molecule has 0 saturated carbocycles. The fraction of sp³-hybridized carbons (Fsp3) is 0.600. The quantitative estimate of drug-likeness (QED) is 0.671. The van der Waals surface area contributed by atoms with Crippen LogP contribution in [0.25, 0.3) is 0 Å². The van der Waals surface area contributed by atoms with Gasteiger partial charge in [-0.3, -0.25) is 0 Å². The van der Waals surface area contributed by atoms with E-state index < -0.39 is 0 Å². The Bertz CT molecular complexity index is 312. The lowest BCUT2D eigenvalue weighted by atomic mass is 10.1. The monoisotopic (exact) mass is 235 g/mol. The third-order valence-corrected chi connectivity index (χ3v) is 3.06. The van der Waals surface area contributed by atoms with Crippen LogP contribution in [0.4, 0.5) is 0 Å². The van der Waals surface area contributed by atoms with Crippen molar-refractivity contribution in [3.8, 4) is 5.75 Å². The summed E-state index contributed by atoms with van der Waals surface area (Å²) < 4.78 is 0. The zero-order valence-electron chi connectivity index (χ0n) is 11.1. The molecular weight excluding hydrogens is 210 g/mol. The molecule has 1 aromatic rings. The number of hydrogen-bond donors (Lipinski definition) is 2. The van der Waals surface area contributed by atoms with Gasteiger partial charge in [0.25, 0.3) is 0 Å². The standard InChI is InChI=1S/C15H25NO/c1-3-4-5-6-8-13(2)16-12-14-9-7-10-15(17)11-14/h7,9-11,13,16-17H,3-6,8,12H2,1-2H3. The number of nitrogens with one attached hydrogen (secondary N) is 1.